The van der Waals surface area contributed by atoms with Gasteiger partial charge in [-0.05, 0) is 69.9 Å². The van der Waals surface area contributed by atoms with Crippen molar-refractivity contribution in [1.82, 2.24) is 4.90 Å². The number of ether oxygens (including phenoxy) is 1. The van der Waals surface area contributed by atoms with E-state index in [0.717, 1.165) is 21.2 Å². The quantitative estimate of drug-likeness (QED) is 0.141. The van der Waals surface area contributed by atoms with Crippen molar-refractivity contribution in [3.8, 4) is 5.75 Å². The predicted octanol–water partition coefficient (Wildman–Crippen LogP) is 6.65. The molecule has 1 fully saturated rings. The van der Waals surface area contributed by atoms with Gasteiger partial charge in [0.05, 0.1) is 20.8 Å². The zero-order chi connectivity index (χ0) is 24.2. The topological polar surface area (TPSA) is 72.7 Å². The zero-order valence-electron chi connectivity index (χ0n) is 18.1. The first-order chi connectivity index (χ1) is 16.3. The maximum atomic E-state index is 12.9. The average molecular weight is 555 g/mol. The first kappa shape index (κ1) is 24.1. The van der Waals surface area contributed by atoms with Crippen LogP contribution < -0.4 is 4.74 Å². The molecule has 1 saturated heterocycles. The summed E-state index contributed by atoms with van der Waals surface area (Å²) in [6.45, 7) is 2.74. The Morgan fingerprint density at radius 2 is 1.76 bits per heavy atom. The van der Waals surface area contributed by atoms with E-state index in [4.69, 9.17) is 17.0 Å². The minimum absolute atomic E-state index is 0.0403. The van der Waals surface area contributed by atoms with E-state index >= 15 is 0 Å². The lowest BCUT2D eigenvalue weighted by Crippen LogP contribution is -2.27. The van der Waals surface area contributed by atoms with Crippen molar-refractivity contribution in [2.24, 2.45) is 0 Å². The number of thioether (sulfide) groups is 1. The summed E-state index contributed by atoms with van der Waals surface area (Å²) < 4.78 is 7.11. The summed E-state index contributed by atoms with van der Waals surface area (Å²) in [6.07, 6.45) is 1.82. The summed E-state index contributed by atoms with van der Waals surface area (Å²) in [5, 5.41) is 10.8. The van der Waals surface area contributed by atoms with Gasteiger partial charge in [0.15, 0.2) is 0 Å². The molecule has 0 spiro atoms. The highest BCUT2D eigenvalue weighted by molar-refractivity contribution is 9.10. The van der Waals surface area contributed by atoms with E-state index in [1.54, 1.807) is 17.0 Å². The van der Waals surface area contributed by atoms with Crippen molar-refractivity contribution in [3.05, 3.63) is 108 Å². The van der Waals surface area contributed by atoms with Gasteiger partial charge in [0.2, 0.25) is 0 Å². The van der Waals surface area contributed by atoms with E-state index in [-0.39, 0.29) is 18.2 Å². The molecule has 1 amide bonds. The fourth-order valence-corrected chi connectivity index (χ4v) is 5.03. The predicted molar refractivity (Wildman–Crippen MR) is 141 cm³/mol. The number of benzene rings is 3. The van der Waals surface area contributed by atoms with Gasteiger partial charge in [-0.15, -0.1) is 0 Å². The van der Waals surface area contributed by atoms with Gasteiger partial charge in [0.25, 0.3) is 11.6 Å². The second kappa shape index (κ2) is 10.5. The van der Waals surface area contributed by atoms with Gasteiger partial charge in [0, 0.05) is 12.1 Å². The van der Waals surface area contributed by atoms with Crippen molar-refractivity contribution in [1.29, 1.82) is 0 Å². The molecule has 1 heterocycles. The van der Waals surface area contributed by atoms with Crippen LogP contribution in [-0.2, 0) is 17.9 Å². The number of non-ortho nitro benzene ring substituents is 1. The second-order valence-corrected chi connectivity index (χ2v) is 10.2. The molecule has 172 valence electrons. The molecule has 34 heavy (non-hydrogen) atoms. The number of hydrogen-bond acceptors (Lipinski definition) is 6. The van der Waals surface area contributed by atoms with Crippen molar-refractivity contribution in [2.75, 3.05) is 0 Å². The highest BCUT2D eigenvalue weighted by Gasteiger charge is 2.32. The molecule has 3 aromatic carbocycles. The third kappa shape index (κ3) is 5.72. The Labute approximate surface area is 214 Å². The molecular weight excluding hydrogens is 536 g/mol. The molecule has 9 heteroatoms. The minimum Gasteiger partial charge on any atom is -0.488 e. The van der Waals surface area contributed by atoms with Gasteiger partial charge >= 0.3 is 0 Å². The molecule has 0 N–H and O–H groups in total. The van der Waals surface area contributed by atoms with Crippen molar-refractivity contribution in [2.45, 2.75) is 20.1 Å². The Morgan fingerprint density at radius 1 is 1.09 bits per heavy atom. The smallest absolute Gasteiger partial charge is 0.269 e. The number of nitrogens with zero attached hydrogens (tertiary/aromatic N) is 2. The molecule has 0 bridgehead atoms. The minimum atomic E-state index is -0.434. The monoisotopic (exact) mass is 554 g/mol. The Kier molecular flexibility index (Phi) is 7.45. The standard InChI is InChI=1S/C25H19BrN2O4S2/c1-16-2-4-17(5-3-16)14-27-24(29)23(34-25(27)33)13-19-8-11-22(21(26)12-19)32-15-18-6-9-20(10-7-18)28(30)31/h2-13H,14-15H2,1H3. The lowest BCUT2D eigenvalue weighted by molar-refractivity contribution is -0.384. The van der Waals surface area contributed by atoms with Crippen LogP contribution in [0.5, 0.6) is 5.75 Å². The maximum Gasteiger partial charge on any atom is 0.269 e. The van der Waals surface area contributed by atoms with Gasteiger partial charge < -0.3 is 4.74 Å². The van der Waals surface area contributed by atoms with Gasteiger partial charge in [-0.3, -0.25) is 19.8 Å². The number of rotatable bonds is 7. The van der Waals surface area contributed by atoms with E-state index in [0.29, 0.717) is 21.5 Å². The molecule has 0 saturated carbocycles. The summed E-state index contributed by atoms with van der Waals surface area (Å²) in [4.78, 5) is 25.5. The van der Waals surface area contributed by atoms with Crippen LogP contribution in [0.1, 0.15) is 22.3 Å². The van der Waals surface area contributed by atoms with Crippen LogP contribution in [0.25, 0.3) is 6.08 Å². The van der Waals surface area contributed by atoms with Crippen molar-refractivity contribution in [3.63, 3.8) is 0 Å². The van der Waals surface area contributed by atoms with E-state index in [9.17, 15) is 14.9 Å². The van der Waals surface area contributed by atoms with E-state index in [2.05, 4.69) is 15.9 Å². The number of amides is 1. The molecule has 6 nitrogen and oxygen atoms in total. The molecular formula is C25H19BrN2O4S2. The molecule has 0 radical (unpaired) electrons. The molecule has 1 aliphatic rings. The van der Waals surface area contributed by atoms with Crippen LogP contribution in [0.2, 0.25) is 0 Å². The van der Waals surface area contributed by atoms with Crippen LogP contribution >= 0.6 is 39.9 Å². The van der Waals surface area contributed by atoms with Gasteiger partial charge in [0.1, 0.15) is 16.7 Å². The Hall–Kier alpha value is -3.01. The Bertz CT molecular complexity index is 1290. The van der Waals surface area contributed by atoms with Gasteiger partial charge in [-0.25, -0.2) is 0 Å². The third-order valence-electron chi connectivity index (χ3n) is 5.13. The summed E-state index contributed by atoms with van der Waals surface area (Å²) in [7, 11) is 0. The zero-order valence-corrected chi connectivity index (χ0v) is 21.3. The van der Waals surface area contributed by atoms with E-state index in [1.807, 2.05) is 55.5 Å². The number of carbonyl (C=O) groups excluding carboxylic acids is 1. The molecule has 1 aliphatic heterocycles. The van der Waals surface area contributed by atoms with Gasteiger partial charge in [-0.1, -0.05) is 59.9 Å². The largest absolute Gasteiger partial charge is 0.488 e. The number of aryl methyl sites for hydroxylation is 1. The van der Waals surface area contributed by atoms with Gasteiger partial charge in [-0.2, -0.15) is 0 Å². The maximum absolute atomic E-state index is 12.9. The van der Waals surface area contributed by atoms with E-state index in [1.165, 1.54) is 29.5 Å². The average Bonchev–Trinajstić information content (AvgIpc) is 3.07. The number of carbonyl (C=O) groups is 1. The molecule has 0 aromatic heterocycles. The number of nitro groups is 1. The van der Waals surface area contributed by atoms with E-state index < -0.39 is 4.92 Å². The first-order valence-electron chi connectivity index (χ1n) is 10.3. The molecule has 0 atom stereocenters. The highest BCUT2D eigenvalue weighted by atomic mass is 79.9. The molecule has 0 aliphatic carbocycles. The van der Waals surface area contributed by atoms with Crippen LogP contribution in [0.4, 0.5) is 5.69 Å². The van der Waals surface area contributed by atoms with Crippen LogP contribution in [0.3, 0.4) is 0 Å². The SMILES string of the molecule is Cc1ccc(CN2C(=O)C(=Cc3ccc(OCc4ccc([N+](=O)[O-])cc4)c(Br)c3)SC2=S)cc1. The number of halogens is 1. The third-order valence-corrected chi connectivity index (χ3v) is 7.13. The fraction of sp³-hybridized carbons (Fsp3) is 0.120. The summed E-state index contributed by atoms with van der Waals surface area (Å²) >= 11 is 10.3. The summed E-state index contributed by atoms with van der Waals surface area (Å²) in [6, 6.07) is 19.8. The molecule has 3 aromatic rings. The lowest BCUT2D eigenvalue weighted by Gasteiger charge is -2.14. The second-order valence-electron chi connectivity index (χ2n) is 7.66. The number of thiocarbonyl (C=S) groups is 1. The normalized spacial score (nSPS) is 14.6. The molecule has 4 rings (SSSR count). The van der Waals surface area contributed by atoms with Crippen molar-refractivity contribution < 1.29 is 14.5 Å². The van der Waals surface area contributed by atoms with Crippen LogP contribution in [0.15, 0.2) is 76.1 Å². The Morgan fingerprint density at radius 3 is 2.41 bits per heavy atom. The van der Waals surface area contributed by atoms with Crippen LogP contribution in [0, 0.1) is 17.0 Å². The van der Waals surface area contributed by atoms with Crippen molar-refractivity contribution >= 4 is 61.9 Å². The summed E-state index contributed by atoms with van der Waals surface area (Å²) in [5.74, 6) is 0.521. The Balaban J connectivity index is 1.42. The summed E-state index contributed by atoms with van der Waals surface area (Å²) in [5.41, 5.74) is 3.89. The fourth-order valence-electron chi connectivity index (χ4n) is 3.26. The molecule has 0 unspecified atom stereocenters. The lowest BCUT2D eigenvalue weighted by atomic mass is 10.1. The highest BCUT2D eigenvalue weighted by Crippen LogP contribution is 2.35. The number of nitro benzene ring substituents is 1. The van der Waals surface area contributed by atoms with Crippen LogP contribution in [-0.4, -0.2) is 20.1 Å². The first-order valence-corrected chi connectivity index (χ1v) is 12.3. The number of hydrogen-bond donors (Lipinski definition) is 0.